The van der Waals surface area contributed by atoms with Crippen molar-refractivity contribution in [1.82, 2.24) is 0 Å². The molecule has 1 aliphatic rings. The third-order valence-corrected chi connectivity index (χ3v) is 5.18. The average molecular weight is 393 g/mol. The number of rotatable bonds is 3. The van der Waals surface area contributed by atoms with Gasteiger partial charge in [-0.25, -0.2) is 4.79 Å². The molecule has 0 spiro atoms. The first-order chi connectivity index (χ1) is 10.2. The molecular weight excluding hydrogens is 377 g/mol. The van der Waals surface area contributed by atoms with Crippen molar-refractivity contribution in [1.29, 1.82) is 0 Å². The van der Waals surface area contributed by atoms with E-state index in [1.165, 1.54) is 18.2 Å². The Balaban J connectivity index is 1.94. The van der Waals surface area contributed by atoms with E-state index in [1.54, 1.807) is 0 Å². The maximum absolute atomic E-state index is 11.7. The highest BCUT2D eigenvalue weighted by molar-refractivity contribution is 14.1. The predicted octanol–water partition coefficient (Wildman–Crippen LogP) is 3.97. The van der Waals surface area contributed by atoms with E-state index >= 15 is 0 Å². The van der Waals surface area contributed by atoms with E-state index in [9.17, 15) is 4.79 Å². The lowest BCUT2D eigenvalue weighted by atomic mass is 10.1. The Morgan fingerprint density at radius 3 is 2.71 bits per heavy atom. The van der Waals surface area contributed by atoms with Crippen LogP contribution in [0.2, 0.25) is 0 Å². The number of anilines is 1. The number of carbonyl (C=O) groups excluding carboxylic acids is 1. The Morgan fingerprint density at radius 2 is 2.00 bits per heavy atom. The van der Waals surface area contributed by atoms with Crippen LogP contribution in [0.3, 0.4) is 0 Å². The fourth-order valence-electron chi connectivity index (χ4n) is 2.68. The maximum atomic E-state index is 11.7. The first-order valence-electron chi connectivity index (χ1n) is 6.87. The zero-order valence-electron chi connectivity index (χ0n) is 11.8. The van der Waals surface area contributed by atoms with E-state index < -0.39 is 0 Å². The number of alkyl halides is 1. The van der Waals surface area contributed by atoms with Crippen LogP contribution in [-0.4, -0.2) is 19.6 Å². The van der Waals surface area contributed by atoms with Gasteiger partial charge in [-0.3, -0.25) is 0 Å². The molecular formula is C17H16INO2. The molecule has 3 nitrogen and oxygen atoms in total. The first-order valence-corrected chi connectivity index (χ1v) is 8.12. The van der Waals surface area contributed by atoms with Crippen molar-refractivity contribution in [3.05, 3.63) is 65.2 Å². The van der Waals surface area contributed by atoms with Gasteiger partial charge in [-0.15, -0.1) is 0 Å². The molecule has 0 fully saturated rings. The molecule has 0 radical (unpaired) electrons. The molecule has 0 aliphatic carbocycles. The summed E-state index contributed by atoms with van der Waals surface area (Å²) in [6.45, 7) is 0.975. The van der Waals surface area contributed by atoms with Crippen molar-refractivity contribution in [2.24, 2.45) is 0 Å². The number of hydrogen-bond acceptors (Lipinski definition) is 3. The molecule has 21 heavy (non-hydrogen) atoms. The molecule has 1 unspecified atom stereocenters. The summed E-state index contributed by atoms with van der Waals surface area (Å²) < 4.78 is 5.08. The van der Waals surface area contributed by atoms with Gasteiger partial charge in [0.1, 0.15) is 4.05 Å². The summed E-state index contributed by atoms with van der Waals surface area (Å²) in [6.07, 6.45) is 1.02. The topological polar surface area (TPSA) is 29.5 Å². The molecule has 1 heterocycles. The lowest BCUT2D eigenvalue weighted by Crippen LogP contribution is -2.22. The van der Waals surface area contributed by atoms with Crippen LogP contribution < -0.4 is 4.90 Å². The summed E-state index contributed by atoms with van der Waals surface area (Å²) in [5, 5.41) is 0. The van der Waals surface area contributed by atoms with Crippen LogP contribution in [-0.2, 0) is 11.2 Å². The van der Waals surface area contributed by atoms with Crippen molar-refractivity contribution in [2.75, 3.05) is 18.6 Å². The van der Waals surface area contributed by atoms with Crippen LogP contribution >= 0.6 is 22.6 Å². The molecule has 3 rings (SSSR count). The van der Waals surface area contributed by atoms with Crippen LogP contribution in [0, 0.1) is 0 Å². The number of esters is 1. The summed E-state index contributed by atoms with van der Waals surface area (Å²) in [6, 6.07) is 16.3. The van der Waals surface area contributed by atoms with Gasteiger partial charge in [0, 0.05) is 12.2 Å². The third-order valence-electron chi connectivity index (χ3n) is 3.79. The third kappa shape index (κ3) is 2.77. The zero-order valence-corrected chi connectivity index (χ0v) is 13.9. The number of nitrogens with zero attached hydrogens (tertiary/aromatic N) is 1. The Labute approximate surface area is 138 Å². The van der Waals surface area contributed by atoms with Gasteiger partial charge in [0.15, 0.2) is 0 Å². The second-order valence-corrected chi connectivity index (χ2v) is 6.20. The molecule has 0 N–H and O–H groups in total. The molecule has 0 aromatic heterocycles. The summed E-state index contributed by atoms with van der Waals surface area (Å²) in [5.41, 5.74) is 4.32. The van der Waals surface area contributed by atoms with E-state index in [2.05, 4.69) is 51.8 Å². The number of ether oxygens (including phenoxy) is 1. The van der Waals surface area contributed by atoms with Crippen LogP contribution in [0.4, 0.5) is 5.69 Å². The molecule has 2 aromatic rings. The Kier molecular flexibility index (Phi) is 4.14. The smallest absolute Gasteiger partial charge is 0.337 e. The summed E-state index contributed by atoms with van der Waals surface area (Å²) in [4.78, 5) is 14.1. The van der Waals surface area contributed by atoms with E-state index in [0.717, 1.165) is 18.7 Å². The quantitative estimate of drug-likeness (QED) is 0.342. The highest BCUT2D eigenvalue weighted by Crippen LogP contribution is 2.39. The maximum Gasteiger partial charge on any atom is 0.337 e. The minimum Gasteiger partial charge on any atom is -0.465 e. The molecule has 1 aliphatic heterocycles. The molecule has 0 amide bonds. The number of carbonyl (C=O) groups is 1. The number of hydrogen-bond donors (Lipinski definition) is 0. The molecule has 1 atom stereocenters. The van der Waals surface area contributed by atoms with Crippen LogP contribution in [0.5, 0.6) is 0 Å². The van der Waals surface area contributed by atoms with Crippen LogP contribution in [0.1, 0.15) is 25.5 Å². The Hall–Kier alpha value is -1.56. The molecule has 0 saturated carbocycles. The molecule has 0 saturated heterocycles. The van der Waals surface area contributed by atoms with Crippen molar-refractivity contribution < 1.29 is 9.53 Å². The highest BCUT2D eigenvalue weighted by atomic mass is 127. The fraction of sp³-hybridized carbons (Fsp3) is 0.235. The average Bonchev–Trinajstić information content (AvgIpc) is 2.97. The predicted molar refractivity (Wildman–Crippen MR) is 92.0 cm³/mol. The summed E-state index contributed by atoms with van der Waals surface area (Å²) in [7, 11) is 1.42. The van der Waals surface area contributed by atoms with E-state index in [-0.39, 0.29) is 10.0 Å². The van der Waals surface area contributed by atoms with Crippen molar-refractivity contribution in [3.8, 4) is 0 Å². The van der Waals surface area contributed by atoms with Crippen molar-refractivity contribution in [2.45, 2.75) is 10.5 Å². The highest BCUT2D eigenvalue weighted by Gasteiger charge is 2.26. The Bertz CT molecular complexity index is 657. The van der Waals surface area contributed by atoms with Crippen molar-refractivity contribution >= 4 is 34.2 Å². The fourth-order valence-corrected chi connectivity index (χ4v) is 3.67. The van der Waals surface area contributed by atoms with Gasteiger partial charge in [0.25, 0.3) is 0 Å². The van der Waals surface area contributed by atoms with Gasteiger partial charge < -0.3 is 9.64 Å². The van der Waals surface area contributed by atoms with Gasteiger partial charge in [-0.05, 0) is 29.7 Å². The van der Waals surface area contributed by atoms with Gasteiger partial charge in [0.2, 0.25) is 0 Å². The zero-order chi connectivity index (χ0) is 14.8. The van der Waals surface area contributed by atoms with Gasteiger partial charge in [-0.1, -0.05) is 59.0 Å². The number of halogens is 1. The van der Waals surface area contributed by atoms with Crippen molar-refractivity contribution in [3.63, 3.8) is 0 Å². The number of fused-ring (bicyclic) bond motifs is 1. The standard InChI is InChI=1S/C17H16INO2/c1-21-17(20)14-8-7-12-9-10-19(15(12)11-14)16(18)13-5-3-2-4-6-13/h2-8,11,16H,9-10H2,1H3. The Morgan fingerprint density at radius 1 is 1.24 bits per heavy atom. The largest absolute Gasteiger partial charge is 0.465 e. The van der Waals surface area contributed by atoms with Gasteiger partial charge >= 0.3 is 5.97 Å². The summed E-state index contributed by atoms with van der Waals surface area (Å²) in [5.74, 6) is -0.283. The minimum atomic E-state index is -0.283. The molecule has 2 aromatic carbocycles. The minimum absolute atomic E-state index is 0.262. The SMILES string of the molecule is COC(=O)c1ccc2c(c1)N(C(I)c1ccccc1)CC2. The summed E-state index contributed by atoms with van der Waals surface area (Å²) >= 11 is 2.45. The molecule has 0 bridgehead atoms. The number of benzene rings is 2. The van der Waals surface area contributed by atoms with Crippen LogP contribution in [0.25, 0.3) is 0 Å². The van der Waals surface area contributed by atoms with E-state index in [4.69, 9.17) is 4.74 Å². The second-order valence-electron chi connectivity index (χ2n) is 5.02. The lowest BCUT2D eigenvalue weighted by Gasteiger charge is -2.26. The monoisotopic (exact) mass is 393 g/mol. The normalized spacial score (nSPS) is 14.7. The second kappa shape index (κ2) is 6.05. The van der Waals surface area contributed by atoms with E-state index in [0.29, 0.717) is 5.56 Å². The van der Waals surface area contributed by atoms with E-state index in [1.807, 2.05) is 24.3 Å². The number of methoxy groups -OCH3 is 1. The van der Waals surface area contributed by atoms with Crippen LogP contribution in [0.15, 0.2) is 48.5 Å². The molecule has 108 valence electrons. The first kappa shape index (κ1) is 14.4. The molecule has 4 heteroatoms. The van der Waals surface area contributed by atoms with Gasteiger partial charge in [-0.2, -0.15) is 0 Å². The lowest BCUT2D eigenvalue weighted by molar-refractivity contribution is 0.0601. The van der Waals surface area contributed by atoms with Gasteiger partial charge in [0.05, 0.1) is 12.7 Å².